The Hall–Kier alpha value is -1.74. The summed E-state index contributed by atoms with van der Waals surface area (Å²) in [5.41, 5.74) is 8.64. The molecule has 0 unspecified atom stereocenters. The highest BCUT2D eigenvalue weighted by atomic mass is 19.1. The van der Waals surface area contributed by atoms with E-state index in [0.29, 0.717) is 0 Å². The summed E-state index contributed by atoms with van der Waals surface area (Å²) < 4.78 is 19.3. The van der Waals surface area contributed by atoms with Gasteiger partial charge in [0.1, 0.15) is 0 Å². The summed E-state index contributed by atoms with van der Waals surface area (Å²) in [6.45, 7) is 0. The first-order chi connectivity index (χ1) is 8.31. The van der Waals surface area contributed by atoms with Crippen LogP contribution < -0.4 is 4.74 Å². The number of benzene rings is 1. The maximum Gasteiger partial charge on any atom is 0.165 e. The fraction of sp³-hybridized carbons (Fsp3) is 0.500. The van der Waals surface area contributed by atoms with Gasteiger partial charge in [-0.2, -0.15) is 0 Å². The molecule has 1 aromatic rings. The zero-order chi connectivity index (χ0) is 12.1. The number of azide groups is 1. The number of ether oxygens (including phenoxy) is 1. The van der Waals surface area contributed by atoms with Crippen molar-refractivity contribution < 1.29 is 9.13 Å². The Bertz CT molecular complexity index is 437. The summed E-state index contributed by atoms with van der Waals surface area (Å²) in [5.74, 6) is -0.391. The Morgan fingerprint density at radius 3 is 2.76 bits per heavy atom. The second-order valence-corrected chi connectivity index (χ2v) is 4.16. The molecule has 0 aromatic heterocycles. The molecule has 1 aliphatic rings. The Morgan fingerprint density at radius 1 is 1.29 bits per heavy atom. The maximum absolute atomic E-state index is 13.6. The first kappa shape index (κ1) is 11.7. The molecular weight excluding hydrogens is 221 g/mol. The highest BCUT2D eigenvalue weighted by Crippen LogP contribution is 2.33. The second kappa shape index (κ2) is 5.55. The van der Waals surface area contributed by atoms with Crippen LogP contribution in [-0.4, -0.2) is 6.10 Å². The van der Waals surface area contributed by atoms with Crippen LogP contribution in [0, 0.1) is 5.82 Å². The first-order valence-corrected chi connectivity index (χ1v) is 5.81. The van der Waals surface area contributed by atoms with Crippen LogP contribution >= 0.6 is 0 Å². The van der Waals surface area contributed by atoms with Gasteiger partial charge < -0.3 is 4.74 Å². The number of hydrogen-bond acceptors (Lipinski definition) is 2. The van der Waals surface area contributed by atoms with Crippen LogP contribution in [0.2, 0.25) is 0 Å². The Labute approximate surface area is 99.0 Å². The average Bonchev–Trinajstić information content (AvgIpc) is 2.35. The molecule has 1 aromatic carbocycles. The molecule has 0 N–H and O–H groups in total. The summed E-state index contributed by atoms with van der Waals surface area (Å²) in [4.78, 5) is 2.68. The molecule has 0 aliphatic heterocycles. The van der Waals surface area contributed by atoms with Crippen molar-refractivity contribution in [1.82, 2.24) is 0 Å². The van der Waals surface area contributed by atoms with Gasteiger partial charge in [-0.25, -0.2) is 4.39 Å². The first-order valence-electron chi connectivity index (χ1n) is 5.81. The normalized spacial score (nSPS) is 16.3. The number of nitrogens with zero attached hydrogens (tertiary/aromatic N) is 3. The molecule has 1 aliphatic carbocycles. The van der Waals surface area contributed by atoms with Crippen molar-refractivity contribution in [3.05, 3.63) is 34.5 Å². The molecule has 0 heterocycles. The molecule has 0 radical (unpaired) electrons. The zero-order valence-electron chi connectivity index (χ0n) is 9.47. The third-order valence-electron chi connectivity index (χ3n) is 2.94. The number of hydrogen-bond donors (Lipinski definition) is 0. The van der Waals surface area contributed by atoms with Gasteiger partial charge in [-0.05, 0) is 43.3 Å². The Morgan fingerprint density at radius 2 is 2.06 bits per heavy atom. The van der Waals surface area contributed by atoms with Crippen LogP contribution in [0.4, 0.5) is 10.1 Å². The largest absolute Gasteiger partial charge is 0.487 e. The maximum atomic E-state index is 13.6. The second-order valence-electron chi connectivity index (χ2n) is 4.16. The van der Waals surface area contributed by atoms with E-state index in [9.17, 15) is 4.39 Å². The summed E-state index contributed by atoms with van der Waals surface area (Å²) in [5, 5.41) is 3.45. The van der Waals surface area contributed by atoms with Crippen molar-refractivity contribution in [1.29, 1.82) is 0 Å². The molecule has 5 heteroatoms. The number of halogens is 1. The van der Waals surface area contributed by atoms with E-state index in [2.05, 4.69) is 10.0 Å². The van der Waals surface area contributed by atoms with Crippen molar-refractivity contribution in [3.63, 3.8) is 0 Å². The van der Waals surface area contributed by atoms with Crippen LogP contribution in [0.3, 0.4) is 0 Å². The highest BCUT2D eigenvalue weighted by Gasteiger charge is 2.18. The molecule has 0 spiro atoms. The van der Waals surface area contributed by atoms with Crippen LogP contribution in [-0.2, 0) is 0 Å². The summed E-state index contributed by atoms with van der Waals surface area (Å²) >= 11 is 0. The minimum absolute atomic E-state index is 0.0355. The van der Waals surface area contributed by atoms with Gasteiger partial charge in [0, 0.05) is 4.91 Å². The molecule has 17 heavy (non-hydrogen) atoms. The lowest BCUT2D eigenvalue weighted by Gasteiger charge is -2.23. The van der Waals surface area contributed by atoms with Crippen molar-refractivity contribution in [3.8, 4) is 5.75 Å². The molecule has 0 amide bonds. The highest BCUT2D eigenvalue weighted by molar-refractivity contribution is 5.52. The van der Waals surface area contributed by atoms with Crippen molar-refractivity contribution in [2.45, 2.75) is 38.2 Å². The van der Waals surface area contributed by atoms with Crippen LogP contribution in [0.15, 0.2) is 23.3 Å². The van der Waals surface area contributed by atoms with E-state index in [-0.39, 0.29) is 17.5 Å². The predicted molar refractivity (Wildman–Crippen MR) is 62.7 cm³/mol. The zero-order valence-corrected chi connectivity index (χ0v) is 9.47. The van der Waals surface area contributed by atoms with Crippen LogP contribution in [0.25, 0.3) is 10.4 Å². The topological polar surface area (TPSA) is 58.0 Å². The van der Waals surface area contributed by atoms with E-state index in [4.69, 9.17) is 10.3 Å². The molecule has 4 nitrogen and oxygen atoms in total. The third kappa shape index (κ3) is 2.88. The smallest absolute Gasteiger partial charge is 0.165 e. The lowest BCUT2D eigenvalue weighted by atomic mass is 9.98. The Balaban J connectivity index is 2.20. The molecule has 1 fully saturated rings. The molecule has 0 saturated heterocycles. The van der Waals surface area contributed by atoms with Gasteiger partial charge in [0.2, 0.25) is 0 Å². The van der Waals surface area contributed by atoms with E-state index >= 15 is 0 Å². The van der Waals surface area contributed by atoms with E-state index < -0.39 is 5.82 Å². The number of rotatable bonds is 3. The number of para-hydroxylation sites is 1. The molecule has 90 valence electrons. The molecule has 0 bridgehead atoms. The molecule has 1 saturated carbocycles. The predicted octanol–water partition coefficient (Wildman–Crippen LogP) is 4.48. The van der Waals surface area contributed by atoms with Crippen molar-refractivity contribution in [2.75, 3.05) is 0 Å². The van der Waals surface area contributed by atoms with Gasteiger partial charge in [-0.3, -0.25) is 0 Å². The molecule has 2 rings (SSSR count). The molecule has 0 atom stereocenters. The summed E-state index contributed by atoms with van der Waals surface area (Å²) in [7, 11) is 0. The van der Waals surface area contributed by atoms with E-state index in [1.54, 1.807) is 6.07 Å². The molecular formula is C12H14FN3O. The summed E-state index contributed by atoms with van der Waals surface area (Å²) in [6, 6.07) is 4.38. The lowest BCUT2D eigenvalue weighted by Crippen LogP contribution is -2.20. The van der Waals surface area contributed by atoms with Gasteiger partial charge in [0.25, 0.3) is 0 Å². The van der Waals surface area contributed by atoms with E-state index in [1.165, 1.54) is 18.6 Å². The van der Waals surface area contributed by atoms with Gasteiger partial charge >= 0.3 is 0 Å². The SMILES string of the molecule is [N-]=[N+]=Nc1cccc(F)c1OC1CCCCC1. The van der Waals surface area contributed by atoms with Crippen LogP contribution in [0.5, 0.6) is 5.75 Å². The fourth-order valence-electron chi connectivity index (χ4n) is 2.09. The average molecular weight is 235 g/mol. The third-order valence-corrected chi connectivity index (χ3v) is 2.94. The van der Waals surface area contributed by atoms with E-state index in [0.717, 1.165) is 25.7 Å². The quantitative estimate of drug-likeness (QED) is 0.433. The van der Waals surface area contributed by atoms with Gasteiger partial charge in [0.05, 0.1) is 11.8 Å². The van der Waals surface area contributed by atoms with Crippen LogP contribution in [0.1, 0.15) is 32.1 Å². The van der Waals surface area contributed by atoms with Crippen molar-refractivity contribution in [2.24, 2.45) is 5.11 Å². The Kier molecular flexibility index (Phi) is 3.83. The monoisotopic (exact) mass is 235 g/mol. The van der Waals surface area contributed by atoms with Crippen molar-refractivity contribution >= 4 is 5.69 Å². The lowest BCUT2D eigenvalue weighted by molar-refractivity contribution is 0.149. The van der Waals surface area contributed by atoms with Gasteiger partial charge in [-0.1, -0.05) is 17.6 Å². The van der Waals surface area contributed by atoms with E-state index in [1.807, 2.05) is 0 Å². The summed E-state index contributed by atoms with van der Waals surface area (Å²) in [6.07, 6.45) is 5.33. The van der Waals surface area contributed by atoms with Gasteiger partial charge in [0.15, 0.2) is 11.6 Å². The minimum atomic E-state index is -0.472. The van der Waals surface area contributed by atoms with Gasteiger partial charge in [-0.15, -0.1) is 0 Å². The fourth-order valence-corrected chi connectivity index (χ4v) is 2.09. The standard InChI is InChI=1S/C12H14FN3O/c13-10-7-4-8-11(15-16-14)12(10)17-9-5-2-1-3-6-9/h4,7-9H,1-3,5-6H2. The minimum Gasteiger partial charge on any atom is -0.487 e.